The minimum atomic E-state index is -0.520. The lowest BCUT2D eigenvalue weighted by Crippen LogP contribution is -2.45. The molecule has 0 spiro atoms. The molecule has 1 aromatic heterocycles. The molecule has 0 saturated heterocycles. The van der Waals surface area contributed by atoms with Crippen LogP contribution in [0.2, 0.25) is 0 Å². The fraction of sp³-hybridized carbons (Fsp3) is 0.207. The first kappa shape index (κ1) is 24.2. The van der Waals surface area contributed by atoms with E-state index in [0.29, 0.717) is 23.4 Å². The summed E-state index contributed by atoms with van der Waals surface area (Å²) in [5.74, 6) is 0.102. The number of carbonyl (C=O) groups excluding carboxylic acids is 1. The molecule has 8 heteroatoms. The van der Waals surface area contributed by atoms with E-state index in [0.717, 1.165) is 22.3 Å². The molecule has 1 aliphatic rings. The van der Waals surface area contributed by atoms with Crippen molar-refractivity contribution in [1.29, 1.82) is 0 Å². The number of aryl methyl sites for hydroxylation is 2. The highest BCUT2D eigenvalue weighted by Crippen LogP contribution is 2.38. The summed E-state index contributed by atoms with van der Waals surface area (Å²) in [6.45, 7) is 6.29. The van der Waals surface area contributed by atoms with E-state index < -0.39 is 11.9 Å². The molecule has 188 valence electrons. The molecule has 1 N–H and O–H groups in total. The second kappa shape index (κ2) is 9.89. The molecule has 0 bridgehead atoms. The minimum absolute atomic E-state index is 0.132. The van der Waals surface area contributed by atoms with Crippen molar-refractivity contribution >= 4 is 11.6 Å². The van der Waals surface area contributed by atoms with Crippen molar-refractivity contribution in [2.24, 2.45) is 0 Å². The van der Waals surface area contributed by atoms with E-state index in [2.05, 4.69) is 15.5 Å². The van der Waals surface area contributed by atoms with Crippen molar-refractivity contribution in [2.45, 2.75) is 33.4 Å². The summed E-state index contributed by atoms with van der Waals surface area (Å²) in [5.41, 5.74) is 5.97. The molecule has 37 heavy (non-hydrogen) atoms. The smallest absolute Gasteiger partial charge is 0.322 e. The summed E-state index contributed by atoms with van der Waals surface area (Å²) in [6.07, 6.45) is 0. The number of hydrogen-bond donors (Lipinski definition) is 1. The van der Waals surface area contributed by atoms with Gasteiger partial charge in [0.05, 0.1) is 25.3 Å². The van der Waals surface area contributed by atoms with Gasteiger partial charge in [-0.25, -0.2) is 9.18 Å². The number of nitrogens with zero attached hydrogens (tertiary/aromatic N) is 3. The summed E-state index contributed by atoms with van der Waals surface area (Å²) in [7, 11) is 1.41. The third-order valence-corrected chi connectivity index (χ3v) is 6.53. The van der Waals surface area contributed by atoms with Gasteiger partial charge in [0.1, 0.15) is 0 Å². The quantitative estimate of drug-likeness (QED) is 0.342. The normalized spacial score (nSPS) is 15.6. The van der Waals surface area contributed by atoms with Crippen LogP contribution in [0, 0.1) is 19.7 Å². The Morgan fingerprint density at radius 2 is 1.68 bits per heavy atom. The Morgan fingerprint density at radius 3 is 2.32 bits per heavy atom. The van der Waals surface area contributed by atoms with Gasteiger partial charge in [-0.2, -0.15) is 4.98 Å². The van der Waals surface area contributed by atoms with E-state index in [1.807, 2.05) is 69.3 Å². The van der Waals surface area contributed by atoms with Crippen molar-refractivity contribution < 1.29 is 18.4 Å². The molecule has 0 radical (unpaired) electrons. The zero-order chi connectivity index (χ0) is 26.1. The van der Waals surface area contributed by atoms with E-state index in [-0.39, 0.29) is 23.5 Å². The second-order valence-electron chi connectivity index (χ2n) is 9.14. The fourth-order valence-electron chi connectivity index (χ4n) is 4.39. The molecule has 2 heterocycles. The van der Waals surface area contributed by atoms with Gasteiger partial charge in [-0.15, -0.1) is 0 Å². The van der Waals surface area contributed by atoms with Crippen LogP contribution in [-0.4, -0.2) is 28.2 Å². The number of benzene rings is 3. The van der Waals surface area contributed by atoms with Gasteiger partial charge < -0.3 is 14.6 Å². The SMILES string of the molecule is COc1ccc(-c2noc(C3=C(C)N(Cc4ccc(C)cc4)C(=O)NC3c3ccc(C)cc3)n2)cc1F. The number of urea groups is 1. The van der Waals surface area contributed by atoms with Crippen LogP contribution in [0.4, 0.5) is 9.18 Å². The Kier molecular flexibility index (Phi) is 6.48. The third kappa shape index (κ3) is 4.82. The van der Waals surface area contributed by atoms with Crippen LogP contribution in [0.15, 0.2) is 77.0 Å². The Bertz CT molecular complexity index is 1480. The first-order valence-corrected chi connectivity index (χ1v) is 11.9. The highest BCUT2D eigenvalue weighted by atomic mass is 19.1. The van der Waals surface area contributed by atoms with Gasteiger partial charge in [0, 0.05) is 11.3 Å². The summed E-state index contributed by atoms with van der Waals surface area (Å²) in [4.78, 5) is 19.6. The first-order valence-electron chi connectivity index (χ1n) is 11.9. The number of carbonyl (C=O) groups is 1. The molecule has 0 aliphatic carbocycles. The van der Waals surface area contributed by atoms with Gasteiger partial charge in [-0.1, -0.05) is 64.8 Å². The number of ether oxygens (including phenoxy) is 1. The molecule has 1 unspecified atom stereocenters. The lowest BCUT2D eigenvalue weighted by Gasteiger charge is -2.35. The number of amides is 2. The summed E-state index contributed by atoms with van der Waals surface area (Å²) in [5, 5.41) is 7.22. The third-order valence-electron chi connectivity index (χ3n) is 6.53. The van der Waals surface area contributed by atoms with Crippen molar-refractivity contribution in [3.8, 4) is 17.1 Å². The van der Waals surface area contributed by atoms with E-state index >= 15 is 0 Å². The average molecular weight is 499 g/mol. The zero-order valence-electron chi connectivity index (χ0n) is 21.1. The van der Waals surface area contributed by atoms with Crippen LogP contribution in [0.3, 0.4) is 0 Å². The van der Waals surface area contributed by atoms with E-state index in [9.17, 15) is 9.18 Å². The molecule has 7 nitrogen and oxygen atoms in total. The molecule has 0 fully saturated rings. The standard InChI is InChI=1S/C29H27FN4O3/c1-17-5-9-20(10-6-17)16-34-19(3)25(26(31-29(34)35)21-11-7-18(2)8-12-21)28-32-27(33-37-28)22-13-14-24(36-4)23(30)15-22/h5-15,26H,16H2,1-4H3,(H,31,35). The van der Waals surface area contributed by atoms with Crippen molar-refractivity contribution in [3.63, 3.8) is 0 Å². The monoisotopic (exact) mass is 498 g/mol. The van der Waals surface area contributed by atoms with Gasteiger partial charge in [-0.05, 0) is 50.1 Å². The number of hydrogen-bond acceptors (Lipinski definition) is 5. The summed E-state index contributed by atoms with van der Waals surface area (Å²) in [6, 6.07) is 19.7. The van der Waals surface area contributed by atoms with Crippen molar-refractivity contribution in [2.75, 3.05) is 7.11 Å². The fourth-order valence-corrected chi connectivity index (χ4v) is 4.39. The van der Waals surface area contributed by atoms with E-state index in [1.165, 1.54) is 19.2 Å². The van der Waals surface area contributed by atoms with Crippen LogP contribution in [0.25, 0.3) is 17.0 Å². The number of methoxy groups -OCH3 is 1. The lowest BCUT2D eigenvalue weighted by molar-refractivity contribution is 0.203. The molecular weight excluding hydrogens is 471 g/mol. The predicted molar refractivity (Wildman–Crippen MR) is 138 cm³/mol. The molecule has 1 aliphatic heterocycles. The minimum Gasteiger partial charge on any atom is -0.494 e. The van der Waals surface area contributed by atoms with Crippen LogP contribution in [-0.2, 0) is 6.54 Å². The van der Waals surface area contributed by atoms with Gasteiger partial charge in [0.2, 0.25) is 5.82 Å². The van der Waals surface area contributed by atoms with Crippen LogP contribution in [0.1, 0.15) is 41.1 Å². The molecule has 5 rings (SSSR count). The van der Waals surface area contributed by atoms with Crippen LogP contribution < -0.4 is 10.1 Å². The molecule has 0 saturated carbocycles. The maximum atomic E-state index is 14.3. The molecule has 4 aromatic rings. The maximum absolute atomic E-state index is 14.3. The Balaban J connectivity index is 1.58. The molecular formula is C29H27FN4O3. The van der Waals surface area contributed by atoms with Gasteiger partial charge >= 0.3 is 6.03 Å². The predicted octanol–water partition coefficient (Wildman–Crippen LogP) is 6.20. The average Bonchev–Trinajstić information content (AvgIpc) is 3.37. The maximum Gasteiger partial charge on any atom is 0.322 e. The summed E-state index contributed by atoms with van der Waals surface area (Å²) < 4.78 is 25.0. The van der Waals surface area contributed by atoms with E-state index in [1.54, 1.807) is 11.0 Å². The molecule has 3 aromatic carbocycles. The lowest BCUT2D eigenvalue weighted by atomic mass is 9.94. The number of aromatic nitrogens is 2. The van der Waals surface area contributed by atoms with Gasteiger partial charge in [0.25, 0.3) is 5.89 Å². The van der Waals surface area contributed by atoms with Crippen LogP contribution in [0.5, 0.6) is 5.75 Å². The number of halogens is 1. The molecule has 2 amide bonds. The highest BCUT2D eigenvalue weighted by molar-refractivity contribution is 5.86. The van der Waals surface area contributed by atoms with Crippen LogP contribution >= 0.6 is 0 Å². The summed E-state index contributed by atoms with van der Waals surface area (Å²) >= 11 is 0. The Morgan fingerprint density at radius 1 is 1.00 bits per heavy atom. The highest BCUT2D eigenvalue weighted by Gasteiger charge is 2.35. The van der Waals surface area contributed by atoms with E-state index in [4.69, 9.17) is 9.26 Å². The van der Waals surface area contributed by atoms with Crippen molar-refractivity contribution in [1.82, 2.24) is 20.4 Å². The van der Waals surface area contributed by atoms with Crippen molar-refractivity contribution in [3.05, 3.63) is 106 Å². The number of nitrogens with one attached hydrogen (secondary N) is 1. The molecule has 1 atom stereocenters. The van der Waals surface area contributed by atoms with Gasteiger partial charge in [-0.3, -0.25) is 4.90 Å². The Labute approximate surface area is 214 Å². The Hall–Kier alpha value is -4.46. The zero-order valence-corrected chi connectivity index (χ0v) is 21.1. The number of rotatable bonds is 6. The number of allylic oxidation sites excluding steroid dienone is 1. The van der Waals surface area contributed by atoms with Gasteiger partial charge in [0.15, 0.2) is 11.6 Å². The largest absolute Gasteiger partial charge is 0.494 e. The topological polar surface area (TPSA) is 80.5 Å². The first-order chi connectivity index (χ1) is 17.8. The second-order valence-corrected chi connectivity index (χ2v) is 9.14.